The van der Waals surface area contributed by atoms with Gasteiger partial charge in [-0.15, -0.1) is 0 Å². The zero-order valence-electron chi connectivity index (χ0n) is 17.3. The molecule has 1 heterocycles. The monoisotopic (exact) mass is 414 g/mol. The van der Waals surface area contributed by atoms with Crippen molar-refractivity contribution in [1.82, 2.24) is 4.72 Å². The van der Waals surface area contributed by atoms with Gasteiger partial charge < -0.3 is 9.47 Å². The number of hydrogen-bond donors (Lipinski definition) is 1. The minimum absolute atomic E-state index is 0.259. The number of sulfonamides is 1. The topological polar surface area (TPSA) is 77.0 Å². The Hall–Kier alpha value is -2.80. The quantitative estimate of drug-likeness (QED) is 0.772. The summed E-state index contributed by atoms with van der Waals surface area (Å²) in [4.78, 5) is 4.78. The number of aliphatic imine (C=N–C) groups is 1. The van der Waals surface area contributed by atoms with Crippen LogP contribution in [-0.2, 0) is 16.6 Å². The molecule has 0 aromatic heterocycles. The SMILES string of the molecule is COc1ccc(OC)c(CN=C2NS(=O)(=O)C(c3ccc(C(C)C)cc3)=C2C)c1. The maximum absolute atomic E-state index is 12.7. The Balaban J connectivity index is 1.96. The van der Waals surface area contributed by atoms with Gasteiger partial charge in [0.15, 0.2) is 0 Å². The van der Waals surface area contributed by atoms with E-state index < -0.39 is 10.0 Å². The Labute approximate surface area is 172 Å². The molecule has 0 amide bonds. The van der Waals surface area contributed by atoms with Crippen LogP contribution in [0.2, 0.25) is 0 Å². The normalized spacial score (nSPS) is 17.0. The number of amidine groups is 1. The highest BCUT2D eigenvalue weighted by molar-refractivity contribution is 8.00. The highest BCUT2D eigenvalue weighted by Gasteiger charge is 2.32. The van der Waals surface area contributed by atoms with E-state index in [9.17, 15) is 8.42 Å². The predicted molar refractivity (Wildman–Crippen MR) is 116 cm³/mol. The Morgan fingerprint density at radius 3 is 2.31 bits per heavy atom. The molecule has 154 valence electrons. The number of nitrogens with one attached hydrogen (secondary N) is 1. The van der Waals surface area contributed by atoms with E-state index in [0.717, 1.165) is 11.1 Å². The van der Waals surface area contributed by atoms with E-state index in [0.29, 0.717) is 34.4 Å². The molecule has 0 spiro atoms. The molecule has 2 aromatic carbocycles. The lowest BCUT2D eigenvalue weighted by Crippen LogP contribution is -2.23. The largest absolute Gasteiger partial charge is 0.497 e. The zero-order chi connectivity index (χ0) is 21.2. The van der Waals surface area contributed by atoms with E-state index in [2.05, 4.69) is 23.6 Å². The molecule has 1 N–H and O–H groups in total. The van der Waals surface area contributed by atoms with Crippen LogP contribution in [0.5, 0.6) is 11.5 Å². The molecule has 0 fully saturated rings. The van der Waals surface area contributed by atoms with Gasteiger partial charge in [0.1, 0.15) is 22.2 Å². The number of methoxy groups -OCH3 is 2. The summed E-state index contributed by atoms with van der Waals surface area (Å²) in [5.41, 5.74) is 3.23. The Morgan fingerprint density at radius 1 is 1.03 bits per heavy atom. The standard InChI is InChI=1S/C22H26N2O4S/c1-14(2)16-6-8-17(9-7-16)21-15(3)22(24-29(21,25)26)23-13-18-12-19(27-4)10-11-20(18)28-5/h6-12,14H,13H2,1-5H3,(H,23,24). The minimum atomic E-state index is -3.66. The summed E-state index contributed by atoms with van der Waals surface area (Å²) >= 11 is 0. The summed E-state index contributed by atoms with van der Waals surface area (Å²) in [6, 6.07) is 13.1. The van der Waals surface area contributed by atoms with Gasteiger partial charge in [-0.1, -0.05) is 38.1 Å². The van der Waals surface area contributed by atoms with Gasteiger partial charge in [0.05, 0.1) is 20.8 Å². The number of nitrogens with zero attached hydrogens (tertiary/aromatic N) is 1. The van der Waals surface area contributed by atoms with Crippen molar-refractivity contribution in [2.75, 3.05) is 14.2 Å². The molecule has 0 atom stereocenters. The minimum Gasteiger partial charge on any atom is -0.497 e. The molecular formula is C22H26N2O4S. The third-order valence-corrected chi connectivity index (χ3v) is 6.47. The molecule has 29 heavy (non-hydrogen) atoms. The number of benzene rings is 2. The lowest BCUT2D eigenvalue weighted by molar-refractivity contribution is 0.399. The van der Waals surface area contributed by atoms with Gasteiger partial charge in [-0.05, 0) is 42.2 Å². The van der Waals surface area contributed by atoms with Crippen LogP contribution < -0.4 is 14.2 Å². The molecule has 3 rings (SSSR count). The van der Waals surface area contributed by atoms with Crippen molar-refractivity contribution in [2.45, 2.75) is 33.2 Å². The van der Waals surface area contributed by atoms with Gasteiger partial charge in [0.25, 0.3) is 10.0 Å². The first-order valence-corrected chi connectivity index (χ1v) is 10.8. The van der Waals surface area contributed by atoms with E-state index >= 15 is 0 Å². The van der Waals surface area contributed by atoms with Crippen molar-refractivity contribution in [3.05, 3.63) is 64.7 Å². The Bertz CT molecular complexity index is 1070. The van der Waals surface area contributed by atoms with Gasteiger partial charge in [-0.2, -0.15) is 0 Å². The average molecular weight is 415 g/mol. The van der Waals surface area contributed by atoms with Gasteiger partial charge >= 0.3 is 0 Å². The molecule has 1 aliphatic rings. The summed E-state index contributed by atoms with van der Waals surface area (Å²) in [6.07, 6.45) is 0. The summed E-state index contributed by atoms with van der Waals surface area (Å²) in [6.45, 7) is 6.23. The van der Waals surface area contributed by atoms with Crippen LogP contribution >= 0.6 is 0 Å². The van der Waals surface area contributed by atoms with Gasteiger partial charge in [0.2, 0.25) is 0 Å². The van der Waals surface area contributed by atoms with Crippen LogP contribution in [0.4, 0.5) is 0 Å². The van der Waals surface area contributed by atoms with Gasteiger partial charge in [0, 0.05) is 11.1 Å². The molecule has 0 saturated carbocycles. The van der Waals surface area contributed by atoms with Crippen molar-refractivity contribution < 1.29 is 17.9 Å². The first-order chi connectivity index (χ1) is 13.8. The summed E-state index contributed by atoms with van der Waals surface area (Å²) in [5.74, 6) is 2.08. The fourth-order valence-electron chi connectivity index (χ4n) is 3.28. The lowest BCUT2D eigenvalue weighted by atomic mass is 10.0. The fourth-order valence-corrected chi connectivity index (χ4v) is 4.80. The smallest absolute Gasteiger partial charge is 0.264 e. The second-order valence-electron chi connectivity index (χ2n) is 7.18. The first-order valence-electron chi connectivity index (χ1n) is 9.36. The lowest BCUT2D eigenvalue weighted by Gasteiger charge is -2.09. The molecule has 2 aromatic rings. The van der Waals surface area contributed by atoms with E-state index in [-0.39, 0.29) is 11.4 Å². The summed E-state index contributed by atoms with van der Waals surface area (Å²) < 4.78 is 38.7. The van der Waals surface area contributed by atoms with E-state index in [1.165, 1.54) is 0 Å². The third-order valence-electron chi connectivity index (χ3n) is 4.93. The average Bonchev–Trinajstić information content (AvgIpc) is 2.94. The van der Waals surface area contributed by atoms with Crippen molar-refractivity contribution in [1.29, 1.82) is 0 Å². The van der Waals surface area contributed by atoms with Crippen molar-refractivity contribution in [3.63, 3.8) is 0 Å². The second kappa shape index (κ2) is 8.29. The summed E-state index contributed by atoms with van der Waals surface area (Å²) in [7, 11) is -0.488. The summed E-state index contributed by atoms with van der Waals surface area (Å²) in [5, 5.41) is 0. The van der Waals surface area contributed by atoms with Gasteiger partial charge in [-0.25, -0.2) is 8.42 Å². The van der Waals surface area contributed by atoms with E-state index in [4.69, 9.17) is 9.47 Å². The molecule has 0 unspecified atom stereocenters. The number of rotatable bonds is 6. The molecule has 7 heteroatoms. The van der Waals surface area contributed by atoms with E-state index in [1.807, 2.05) is 30.3 Å². The van der Waals surface area contributed by atoms with Crippen molar-refractivity contribution in [3.8, 4) is 11.5 Å². The van der Waals surface area contributed by atoms with Crippen LogP contribution in [0.15, 0.2) is 53.0 Å². The maximum Gasteiger partial charge on any atom is 0.264 e. The highest BCUT2D eigenvalue weighted by Crippen LogP contribution is 2.31. The Kier molecular flexibility index (Phi) is 5.98. The van der Waals surface area contributed by atoms with Gasteiger partial charge in [-0.3, -0.25) is 9.71 Å². The number of ether oxygens (including phenoxy) is 2. The third kappa shape index (κ3) is 4.29. The maximum atomic E-state index is 12.7. The second-order valence-corrected chi connectivity index (χ2v) is 8.80. The fraction of sp³-hybridized carbons (Fsp3) is 0.318. The molecule has 0 saturated heterocycles. The van der Waals surface area contributed by atoms with Crippen LogP contribution in [0, 0.1) is 0 Å². The molecule has 1 aliphatic heterocycles. The molecule has 0 radical (unpaired) electrons. The number of hydrogen-bond acceptors (Lipinski definition) is 5. The zero-order valence-corrected chi connectivity index (χ0v) is 18.1. The van der Waals surface area contributed by atoms with E-state index in [1.54, 1.807) is 33.3 Å². The highest BCUT2D eigenvalue weighted by atomic mass is 32.2. The first kappa shape index (κ1) is 20.9. The molecule has 6 nitrogen and oxygen atoms in total. The van der Waals surface area contributed by atoms with Crippen LogP contribution in [0.3, 0.4) is 0 Å². The van der Waals surface area contributed by atoms with Crippen molar-refractivity contribution >= 4 is 20.8 Å². The Morgan fingerprint density at radius 2 is 1.72 bits per heavy atom. The van der Waals surface area contributed by atoms with Crippen molar-refractivity contribution in [2.24, 2.45) is 4.99 Å². The molecule has 0 bridgehead atoms. The molecular weight excluding hydrogens is 388 g/mol. The van der Waals surface area contributed by atoms with Crippen LogP contribution in [-0.4, -0.2) is 28.5 Å². The molecule has 0 aliphatic carbocycles. The predicted octanol–water partition coefficient (Wildman–Crippen LogP) is 4.09. The van der Waals surface area contributed by atoms with Crippen LogP contribution in [0.1, 0.15) is 43.4 Å². The van der Waals surface area contributed by atoms with Crippen LogP contribution in [0.25, 0.3) is 4.91 Å².